The molecular weight excluding hydrogens is 217 g/mol. The molecule has 3 nitrogen and oxygen atoms in total. The van der Waals surface area contributed by atoms with Gasteiger partial charge in [-0.1, -0.05) is 6.07 Å². The third-order valence-corrected chi connectivity index (χ3v) is 2.90. The minimum absolute atomic E-state index is 0.160. The first kappa shape index (κ1) is 11.8. The average molecular weight is 233 g/mol. The van der Waals surface area contributed by atoms with Gasteiger partial charge in [-0.05, 0) is 37.7 Å². The van der Waals surface area contributed by atoms with E-state index in [0.29, 0.717) is 0 Å². The molecular formula is C13H16FN3. The molecule has 4 heteroatoms. The van der Waals surface area contributed by atoms with Crippen molar-refractivity contribution in [3.05, 3.63) is 41.8 Å². The number of benzene rings is 1. The zero-order valence-electron chi connectivity index (χ0n) is 10.2. The number of hydrogen-bond donors (Lipinski definition) is 1. The highest BCUT2D eigenvalue weighted by molar-refractivity contribution is 5.64. The van der Waals surface area contributed by atoms with Gasteiger partial charge in [-0.2, -0.15) is 5.10 Å². The van der Waals surface area contributed by atoms with E-state index in [1.54, 1.807) is 10.7 Å². The highest BCUT2D eigenvalue weighted by Gasteiger charge is 2.13. The molecule has 0 radical (unpaired) electrons. The van der Waals surface area contributed by atoms with Gasteiger partial charge in [-0.3, -0.25) is 4.68 Å². The standard InChI is InChI=1S/C13H16FN3/c1-9(15-2)11-5-4-10(14)8-12(11)13-6-7-17(3)16-13/h4-9,15H,1-3H3. The minimum Gasteiger partial charge on any atom is -0.313 e. The van der Waals surface area contributed by atoms with Crippen LogP contribution in [-0.4, -0.2) is 16.8 Å². The maximum absolute atomic E-state index is 13.4. The molecule has 0 bridgehead atoms. The largest absolute Gasteiger partial charge is 0.313 e. The van der Waals surface area contributed by atoms with Crippen LogP contribution >= 0.6 is 0 Å². The van der Waals surface area contributed by atoms with Crippen LogP contribution in [0.2, 0.25) is 0 Å². The molecule has 1 atom stereocenters. The number of nitrogens with one attached hydrogen (secondary N) is 1. The van der Waals surface area contributed by atoms with Crippen LogP contribution in [0.4, 0.5) is 4.39 Å². The molecule has 2 rings (SSSR count). The van der Waals surface area contributed by atoms with Gasteiger partial charge in [0, 0.05) is 24.8 Å². The fourth-order valence-corrected chi connectivity index (χ4v) is 1.84. The van der Waals surface area contributed by atoms with E-state index in [9.17, 15) is 4.39 Å². The van der Waals surface area contributed by atoms with Crippen molar-refractivity contribution in [2.75, 3.05) is 7.05 Å². The maximum atomic E-state index is 13.4. The van der Waals surface area contributed by atoms with Gasteiger partial charge in [0.05, 0.1) is 5.69 Å². The van der Waals surface area contributed by atoms with Crippen LogP contribution in [0.1, 0.15) is 18.5 Å². The zero-order valence-corrected chi connectivity index (χ0v) is 10.2. The Morgan fingerprint density at radius 2 is 2.12 bits per heavy atom. The highest BCUT2D eigenvalue weighted by atomic mass is 19.1. The first-order valence-electron chi connectivity index (χ1n) is 5.58. The van der Waals surface area contributed by atoms with Gasteiger partial charge in [-0.25, -0.2) is 4.39 Å². The van der Waals surface area contributed by atoms with Gasteiger partial charge in [0.25, 0.3) is 0 Å². The summed E-state index contributed by atoms with van der Waals surface area (Å²) in [6, 6.07) is 6.87. The molecule has 0 aliphatic heterocycles. The molecule has 90 valence electrons. The molecule has 0 amide bonds. The molecule has 17 heavy (non-hydrogen) atoms. The highest BCUT2D eigenvalue weighted by Crippen LogP contribution is 2.27. The van der Waals surface area contributed by atoms with Gasteiger partial charge in [0.2, 0.25) is 0 Å². The maximum Gasteiger partial charge on any atom is 0.123 e. The van der Waals surface area contributed by atoms with Crippen LogP contribution in [0.3, 0.4) is 0 Å². The molecule has 1 heterocycles. The number of hydrogen-bond acceptors (Lipinski definition) is 2. The summed E-state index contributed by atoms with van der Waals surface area (Å²) in [5.41, 5.74) is 2.68. The number of aryl methyl sites for hydroxylation is 1. The van der Waals surface area contributed by atoms with E-state index in [1.165, 1.54) is 12.1 Å². The summed E-state index contributed by atoms with van der Waals surface area (Å²) in [6.07, 6.45) is 1.86. The summed E-state index contributed by atoms with van der Waals surface area (Å²) in [5, 5.41) is 7.48. The van der Waals surface area contributed by atoms with E-state index in [1.807, 2.05) is 33.3 Å². The average Bonchev–Trinajstić information content (AvgIpc) is 2.75. The van der Waals surface area contributed by atoms with E-state index >= 15 is 0 Å². The van der Waals surface area contributed by atoms with Crippen molar-refractivity contribution in [1.82, 2.24) is 15.1 Å². The SMILES string of the molecule is CNC(C)c1ccc(F)cc1-c1ccn(C)n1. The van der Waals surface area contributed by atoms with Crippen LogP contribution in [0, 0.1) is 5.82 Å². The van der Waals surface area contributed by atoms with Crippen LogP contribution in [0.15, 0.2) is 30.5 Å². The lowest BCUT2D eigenvalue weighted by molar-refractivity contribution is 0.619. The summed E-state index contributed by atoms with van der Waals surface area (Å²) in [7, 11) is 3.74. The monoisotopic (exact) mass is 233 g/mol. The van der Waals surface area contributed by atoms with E-state index in [-0.39, 0.29) is 11.9 Å². The van der Waals surface area contributed by atoms with Crippen molar-refractivity contribution in [3.63, 3.8) is 0 Å². The third-order valence-electron chi connectivity index (χ3n) is 2.90. The molecule has 0 spiro atoms. The van der Waals surface area contributed by atoms with E-state index in [0.717, 1.165) is 16.8 Å². The van der Waals surface area contributed by atoms with E-state index in [4.69, 9.17) is 0 Å². The van der Waals surface area contributed by atoms with Crippen molar-refractivity contribution in [3.8, 4) is 11.3 Å². The van der Waals surface area contributed by atoms with Gasteiger partial charge < -0.3 is 5.32 Å². The number of rotatable bonds is 3. The van der Waals surface area contributed by atoms with Crippen LogP contribution in [0.5, 0.6) is 0 Å². The summed E-state index contributed by atoms with van der Waals surface area (Å²) in [4.78, 5) is 0. The Labute approximate surface area is 100 Å². The van der Waals surface area contributed by atoms with Crippen molar-refractivity contribution in [1.29, 1.82) is 0 Å². The van der Waals surface area contributed by atoms with Gasteiger partial charge >= 0.3 is 0 Å². The Morgan fingerprint density at radius 3 is 2.71 bits per heavy atom. The van der Waals surface area contributed by atoms with E-state index < -0.39 is 0 Å². The number of halogens is 1. The lowest BCUT2D eigenvalue weighted by atomic mass is 9.99. The molecule has 0 saturated heterocycles. The lowest BCUT2D eigenvalue weighted by Gasteiger charge is -2.14. The lowest BCUT2D eigenvalue weighted by Crippen LogP contribution is -2.13. The van der Waals surface area contributed by atoms with Crippen molar-refractivity contribution in [2.24, 2.45) is 7.05 Å². The topological polar surface area (TPSA) is 29.9 Å². The van der Waals surface area contributed by atoms with Crippen molar-refractivity contribution < 1.29 is 4.39 Å². The second kappa shape index (κ2) is 4.67. The first-order valence-corrected chi connectivity index (χ1v) is 5.58. The van der Waals surface area contributed by atoms with E-state index in [2.05, 4.69) is 10.4 Å². The second-order valence-electron chi connectivity index (χ2n) is 4.12. The summed E-state index contributed by atoms with van der Waals surface area (Å²) in [6.45, 7) is 2.04. The Kier molecular flexibility index (Phi) is 3.24. The van der Waals surface area contributed by atoms with Crippen LogP contribution in [-0.2, 0) is 7.05 Å². The fourth-order valence-electron chi connectivity index (χ4n) is 1.84. The molecule has 1 unspecified atom stereocenters. The van der Waals surface area contributed by atoms with Crippen molar-refractivity contribution >= 4 is 0 Å². The molecule has 0 saturated carbocycles. The van der Waals surface area contributed by atoms with Crippen molar-refractivity contribution in [2.45, 2.75) is 13.0 Å². The number of nitrogens with zero attached hydrogens (tertiary/aromatic N) is 2. The first-order chi connectivity index (χ1) is 8.11. The third kappa shape index (κ3) is 2.36. The Balaban J connectivity index is 2.54. The smallest absolute Gasteiger partial charge is 0.123 e. The normalized spacial score (nSPS) is 12.7. The predicted molar refractivity (Wildman–Crippen MR) is 66.1 cm³/mol. The Morgan fingerprint density at radius 1 is 1.35 bits per heavy atom. The summed E-state index contributed by atoms with van der Waals surface area (Å²) >= 11 is 0. The van der Waals surface area contributed by atoms with Gasteiger partial charge in [0.15, 0.2) is 0 Å². The summed E-state index contributed by atoms with van der Waals surface area (Å²) < 4.78 is 15.1. The second-order valence-corrected chi connectivity index (χ2v) is 4.12. The molecule has 0 aliphatic carbocycles. The number of aromatic nitrogens is 2. The molecule has 0 aliphatic rings. The quantitative estimate of drug-likeness (QED) is 0.882. The van der Waals surface area contributed by atoms with Gasteiger partial charge in [-0.15, -0.1) is 0 Å². The molecule has 1 aromatic carbocycles. The molecule has 2 aromatic rings. The van der Waals surface area contributed by atoms with Crippen LogP contribution < -0.4 is 5.32 Å². The summed E-state index contributed by atoms with van der Waals surface area (Å²) in [5.74, 6) is -0.238. The Bertz CT molecular complexity index is 519. The minimum atomic E-state index is -0.238. The van der Waals surface area contributed by atoms with Gasteiger partial charge in [0.1, 0.15) is 5.82 Å². The molecule has 1 N–H and O–H groups in total. The zero-order chi connectivity index (χ0) is 12.4. The molecule has 0 fully saturated rings. The van der Waals surface area contributed by atoms with Crippen LogP contribution in [0.25, 0.3) is 11.3 Å². The Hall–Kier alpha value is -1.68. The molecule has 1 aromatic heterocycles. The fraction of sp³-hybridized carbons (Fsp3) is 0.308. The predicted octanol–water partition coefficient (Wildman–Crippen LogP) is 2.51.